The fraction of sp³-hybridized carbons (Fsp3) is 0.333. The number of anilines is 1. The van der Waals surface area contributed by atoms with E-state index < -0.39 is 0 Å². The van der Waals surface area contributed by atoms with E-state index in [0.29, 0.717) is 34.4 Å². The summed E-state index contributed by atoms with van der Waals surface area (Å²) in [6.07, 6.45) is 0. The lowest BCUT2D eigenvalue weighted by molar-refractivity contribution is 0.102. The summed E-state index contributed by atoms with van der Waals surface area (Å²) in [5.41, 5.74) is 1.74. The van der Waals surface area contributed by atoms with Crippen LogP contribution in [-0.4, -0.2) is 29.9 Å². The molecule has 118 valence electrons. The van der Waals surface area contributed by atoms with Gasteiger partial charge in [0.1, 0.15) is 11.5 Å². The van der Waals surface area contributed by atoms with Gasteiger partial charge in [-0.1, -0.05) is 11.6 Å². The molecule has 1 N–H and O–H groups in total. The summed E-state index contributed by atoms with van der Waals surface area (Å²) in [5.74, 6) is 0.580. The van der Waals surface area contributed by atoms with Gasteiger partial charge in [-0.2, -0.15) is 5.10 Å². The molecule has 0 aliphatic heterocycles. The topological polar surface area (TPSA) is 65.4 Å². The van der Waals surface area contributed by atoms with Crippen LogP contribution in [-0.2, 0) is 6.54 Å². The van der Waals surface area contributed by atoms with Crippen LogP contribution in [0.5, 0.6) is 11.5 Å². The van der Waals surface area contributed by atoms with E-state index in [9.17, 15) is 4.79 Å². The molecule has 22 heavy (non-hydrogen) atoms. The van der Waals surface area contributed by atoms with E-state index >= 15 is 0 Å². The van der Waals surface area contributed by atoms with Crippen LogP contribution in [0.1, 0.15) is 23.1 Å². The molecule has 1 aromatic heterocycles. The Labute approximate surface area is 134 Å². The molecule has 2 rings (SSSR count). The van der Waals surface area contributed by atoms with Gasteiger partial charge >= 0.3 is 0 Å². The number of benzene rings is 1. The van der Waals surface area contributed by atoms with E-state index in [1.54, 1.807) is 22.9 Å². The molecule has 1 aromatic carbocycles. The zero-order valence-electron chi connectivity index (χ0n) is 12.9. The maximum Gasteiger partial charge on any atom is 0.276 e. The smallest absolute Gasteiger partial charge is 0.276 e. The summed E-state index contributed by atoms with van der Waals surface area (Å²) in [6.45, 7) is 4.57. The van der Waals surface area contributed by atoms with Gasteiger partial charge in [0, 0.05) is 24.4 Å². The average Bonchev–Trinajstić information content (AvgIpc) is 2.89. The molecule has 0 bridgehead atoms. The average molecular weight is 324 g/mol. The minimum absolute atomic E-state index is 0.321. The molecule has 0 unspecified atom stereocenters. The molecule has 7 heteroatoms. The Bertz CT molecular complexity index is 698. The molecule has 0 fully saturated rings. The Morgan fingerprint density at radius 3 is 2.50 bits per heavy atom. The molecule has 0 radical (unpaired) electrons. The van der Waals surface area contributed by atoms with Crippen molar-refractivity contribution in [2.75, 3.05) is 19.5 Å². The molecule has 0 saturated carbocycles. The number of nitrogens with zero attached hydrogens (tertiary/aromatic N) is 2. The minimum atomic E-state index is -0.321. The Morgan fingerprint density at radius 1 is 1.27 bits per heavy atom. The Hall–Kier alpha value is -2.21. The SMILES string of the molecule is CCn1nc(C(=O)Nc2cc(OC)c(Cl)cc2OC)cc1C. The number of halogens is 1. The molecular formula is C15H18ClN3O3. The number of nitrogens with one attached hydrogen (secondary N) is 1. The van der Waals surface area contributed by atoms with Gasteiger partial charge in [0.2, 0.25) is 0 Å². The number of hydrogen-bond acceptors (Lipinski definition) is 4. The first kappa shape index (κ1) is 16.2. The largest absolute Gasteiger partial charge is 0.495 e. The summed E-state index contributed by atoms with van der Waals surface area (Å²) in [6, 6.07) is 4.94. The second-order valence-electron chi connectivity index (χ2n) is 4.63. The number of rotatable bonds is 5. The standard InChI is InChI=1S/C15H18ClN3O3/c1-5-19-9(2)6-12(18-19)15(20)17-11-8-13(21-3)10(16)7-14(11)22-4/h6-8H,5H2,1-4H3,(H,17,20). The molecule has 1 amide bonds. The van der Waals surface area contributed by atoms with Crippen LogP contribution >= 0.6 is 11.6 Å². The quantitative estimate of drug-likeness (QED) is 0.918. The third-order valence-electron chi connectivity index (χ3n) is 3.24. The van der Waals surface area contributed by atoms with Crippen molar-refractivity contribution in [1.82, 2.24) is 9.78 Å². The predicted molar refractivity (Wildman–Crippen MR) is 85.1 cm³/mol. The Morgan fingerprint density at radius 2 is 1.95 bits per heavy atom. The van der Waals surface area contributed by atoms with Crippen molar-refractivity contribution in [3.8, 4) is 11.5 Å². The van der Waals surface area contributed by atoms with Gasteiger partial charge in [-0.3, -0.25) is 9.48 Å². The zero-order valence-corrected chi connectivity index (χ0v) is 13.7. The van der Waals surface area contributed by atoms with E-state index in [2.05, 4.69) is 10.4 Å². The van der Waals surface area contributed by atoms with E-state index in [-0.39, 0.29) is 5.91 Å². The lowest BCUT2D eigenvalue weighted by Gasteiger charge is -2.12. The predicted octanol–water partition coefficient (Wildman–Crippen LogP) is 3.13. The van der Waals surface area contributed by atoms with Crippen molar-refractivity contribution in [3.63, 3.8) is 0 Å². The zero-order chi connectivity index (χ0) is 16.3. The van der Waals surface area contributed by atoms with Crippen molar-refractivity contribution in [2.45, 2.75) is 20.4 Å². The van der Waals surface area contributed by atoms with Gasteiger partial charge in [-0.25, -0.2) is 0 Å². The minimum Gasteiger partial charge on any atom is -0.495 e. The van der Waals surface area contributed by atoms with Gasteiger partial charge in [0.25, 0.3) is 5.91 Å². The fourth-order valence-corrected chi connectivity index (χ4v) is 2.32. The highest BCUT2D eigenvalue weighted by Gasteiger charge is 2.16. The highest BCUT2D eigenvalue weighted by Crippen LogP contribution is 2.36. The first-order valence-electron chi connectivity index (χ1n) is 6.77. The lowest BCUT2D eigenvalue weighted by atomic mass is 10.2. The summed E-state index contributed by atoms with van der Waals surface area (Å²) in [5, 5.41) is 7.42. The number of amides is 1. The molecule has 2 aromatic rings. The van der Waals surface area contributed by atoms with Crippen LogP contribution in [0.15, 0.2) is 18.2 Å². The van der Waals surface area contributed by atoms with E-state index in [1.165, 1.54) is 14.2 Å². The molecule has 0 spiro atoms. The van der Waals surface area contributed by atoms with Crippen LogP contribution in [0.4, 0.5) is 5.69 Å². The number of carbonyl (C=O) groups is 1. The highest BCUT2D eigenvalue weighted by molar-refractivity contribution is 6.32. The van der Waals surface area contributed by atoms with Crippen molar-refractivity contribution in [3.05, 3.63) is 34.6 Å². The summed E-state index contributed by atoms with van der Waals surface area (Å²) >= 11 is 6.04. The van der Waals surface area contributed by atoms with Gasteiger partial charge in [0.05, 0.1) is 24.9 Å². The van der Waals surface area contributed by atoms with E-state index in [4.69, 9.17) is 21.1 Å². The summed E-state index contributed by atoms with van der Waals surface area (Å²) in [4.78, 5) is 12.3. The van der Waals surface area contributed by atoms with Crippen molar-refractivity contribution < 1.29 is 14.3 Å². The second kappa shape index (κ2) is 6.70. The normalized spacial score (nSPS) is 10.4. The van der Waals surface area contributed by atoms with Crippen LogP contribution < -0.4 is 14.8 Å². The number of ether oxygens (including phenoxy) is 2. The molecule has 0 atom stereocenters. The third-order valence-corrected chi connectivity index (χ3v) is 3.53. The van der Waals surface area contributed by atoms with E-state index in [1.807, 2.05) is 13.8 Å². The molecule has 0 aliphatic carbocycles. The maximum atomic E-state index is 12.3. The van der Waals surface area contributed by atoms with Crippen molar-refractivity contribution >= 4 is 23.2 Å². The van der Waals surface area contributed by atoms with Gasteiger partial charge in [0.15, 0.2) is 5.69 Å². The van der Waals surface area contributed by atoms with Gasteiger partial charge in [-0.05, 0) is 19.9 Å². The van der Waals surface area contributed by atoms with Crippen molar-refractivity contribution in [1.29, 1.82) is 0 Å². The van der Waals surface area contributed by atoms with Crippen LogP contribution in [0.3, 0.4) is 0 Å². The molecule has 0 saturated heterocycles. The summed E-state index contributed by atoms with van der Waals surface area (Å²) in [7, 11) is 3.01. The van der Waals surface area contributed by atoms with Gasteiger partial charge in [-0.15, -0.1) is 0 Å². The fourth-order valence-electron chi connectivity index (χ4n) is 2.09. The first-order chi connectivity index (χ1) is 10.5. The first-order valence-corrected chi connectivity index (χ1v) is 7.15. The van der Waals surface area contributed by atoms with E-state index in [0.717, 1.165) is 5.69 Å². The molecular weight excluding hydrogens is 306 g/mol. The molecule has 1 heterocycles. The van der Waals surface area contributed by atoms with Gasteiger partial charge < -0.3 is 14.8 Å². The van der Waals surface area contributed by atoms with Crippen LogP contribution in [0.25, 0.3) is 0 Å². The number of aromatic nitrogens is 2. The van der Waals surface area contributed by atoms with Crippen LogP contribution in [0, 0.1) is 6.92 Å². The molecule has 6 nitrogen and oxygen atoms in total. The third kappa shape index (κ3) is 3.17. The van der Waals surface area contributed by atoms with Crippen LogP contribution in [0.2, 0.25) is 5.02 Å². The number of hydrogen-bond donors (Lipinski definition) is 1. The monoisotopic (exact) mass is 323 g/mol. The van der Waals surface area contributed by atoms with Crippen molar-refractivity contribution in [2.24, 2.45) is 0 Å². The number of carbonyl (C=O) groups excluding carboxylic acids is 1. The Kier molecular flexibility index (Phi) is 4.92. The summed E-state index contributed by atoms with van der Waals surface area (Å²) < 4.78 is 12.1. The Balaban J connectivity index is 2.30. The second-order valence-corrected chi connectivity index (χ2v) is 5.04. The molecule has 0 aliphatic rings. The highest BCUT2D eigenvalue weighted by atomic mass is 35.5. The number of methoxy groups -OCH3 is 2. The lowest BCUT2D eigenvalue weighted by Crippen LogP contribution is -2.14. The maximum absolute atomic E-state index is 12.3. The number of aryl methyl sites for hydroxylation is 2.